The summed E-state index contributed by atoms with van der Waals surface area (Å²) in [5, 5.41) is 13.7. The Morgan fingerprint density at radius 1 is 1.33 bits per heavy atom. The van der Waals surface area contributed by atoms with Gasteiger partial charge in [0.05, 0.1) is 21.8 Å². The molecule has 0 fully saturated rings. The van der Waals surface area contributed by atoms with Crippen molar-refractivity contribution >= 4 is 34.6 Å². The number of nitrogens with zero attached hydrogens (tertiary/aromatic N) is 2. The quantitative estimate of drug-likeness (QED) is 0.872. The molecule has 0 bridgehead atoms. The topological polar surface area (TPSA) is 81.4 Å². The van der Waals surface area contributed by atoms with E-state index in [2.05, 4.69) is 5.10 Å². The van der Waals surface area contributed by atoms with Crippen molar-refractivity contribution in [2.45, 2.75) is 33.3 Å². The van der Waals surface area contributed by atoms with Crippen LogP contribution < -0.4 is 0 Å². The Labute approximate surface area is 126 Å². The largest absolute Gasteiger partial charge is 0.478 e. The van der Waals surface area contributed by atoms with Crippen LogP contribution in [0.5, 0.6) is 0 Å². The second-order valence-electron chi connectivity index (χ2n) is 5.60. The van der Waals surface area contributed by atoms with E-state index in [9.17, 15) is 9.59 Å². The predicted molar refractivity (Wildman–Crippen MR) is 78.1 cm³/mol. The standard InChI is InChI=1S/C14H15ClN2O4/c1-7-10-9(6-5-8(11(10)15)12(18)19)17(16-7)13(20)21-14(2,3)4/h5-6H,1-4H3,(H,18,19). The summed E-state index contributed by atoms with van der Waals surface area (Å²) < 4.78 is 6.36. The SMILES string of the molecule is Cc1nn(C(=O)OC(C)(C)C)c2ccc(C(=O)O)c(Cl)c12. The van der Waals surface area contributed by atoms with Crippen molar-refractivity contribution in [3.8, 4) is 0 Å². The molecule has 0 atom stereocenters. The highest BCUT2D eigenvalue weighted by Gasteiger charge is 2.23. The molecule has 1 N–H and O–H groups in total. The first kappa shape index (κ1) is 15.3. The van der Waals surface area contributed by atoms with E-state index in [1.54, 1.807) is 27.7 Å². The molecule has 0 aliphatic rings. The Balaban J connectivity index is 2.62. The maximum absolute atomic E-state index is 12.1. The minimum absolute atomic E-state index is 0.0315. The number of aromatic carboxylic acids is 1. The number of carboxylic acids is 1. The van der Waals surface area contributed by atoms with Crippen LogP contribution in [-0.2, 0) is 4.74 Å². The normalized spacial score (nSPS) is 11.7. The molecule has 0 aliphatic carbocycles. The van der Waals surface area contributed by atoms with Crippen molar-refractivity contribution in [2.24, 2.45) is 0 Å². The Morgan fingerprint density at radius 3 is 2.48 bits per heavy atom. The van der Waals surface area contributed by atoms with E-state index in [0.717, 1.165) is 4.68 Å². The molecule has 1 heterocycles. The predicted octanol–water partition coefficient (Wildman–Crippen LogP) is 3.48. The van der Waals surface area contributed by atoms with Gasteiger partial charge in [-0.15, -0.1) is 0 Å². The number of aryl methyl sites for hydroxylation is 1. The van der Waals surface area contributed by atoms with Crippen LogP contribution in [0.15, 0.2) is 12.1 Å². The average molecular weight is 311 g/mol. The number of ether oxygens (including phenoxy) is 1. The summed E-state index contributed by atoms with van der Waals surface area (Å²) in [5.74, 6) is -1.13. The fourth-order valence-electron chi connectivity index (χ4n) is 1.95. The summed E-state index contributed by atoms with van der Waals surface area (Å²) in [6.07, 6.45) is -0.639. The third kappa shape index (κ3) is 2.85. The van der Waals surface area contributed by atoms with Crippen molar-refractivity contribution in [2.75, 3.05) is 0 Å². The second-order valence-corrected chi connectivity index (χ2v) is 5.98. The van der Waals surface area contributed by atoms with Gasteiger partial charge in [0.15, 0.2) is 0 Å². The van der Waals surface area contributed by atoms with Gasteiger partial charge in [-0.1, -0.05) is 11.6 Å². The van der Waals surface area contributed by atoms with Crippen molar-refractivity contribution in [1.29, 1.82) is 0 Å². The summed E-state index contributed by atoms with van der Waals surface area (Å²) in [6, 6.07) is 2.84. The minimum atomic E-state index is -1.13. The third-order valence-electron chi connectivity index (χ3n) is 2.76. The van der Waals surface area contributed by atoms with E-state index in [1.165, 1.54) is 12.1 Å². The number of hydrogen-bond acceptors (Lipinski definition) is 4. The minimum Gasteiger partial charge on any atom is -0.478 e. The van der Waals surface area contributed by atoms with Crippen LogP contribution in [0.2, 0.25) is 5.02 Å². The van der Waals surface area contributed by atoms with Gasteiger partial charge < -0.3 is 9.84 Å². The molecule has 7 heteroatoms. The first-order valence-electron chi connectivity index (χ1n) is 6.26. The molecule has 112 valence electrons. The molecule has 0 unspecified atom stereocenters. The number of hydrogen-bond donors (Lipinski definition) is 1. The highest BCUT2D eigenvalue weighted by atomic mass is 35.5. The zero-order valence-corrected chi connectivity index (χ0v) is 12.9. The molecule has 21 heavy (non-hydrogen) atoms. The van der Waals surface area contributed by atoms with E-state index in [-0.39, 0.29) is 10.6 Å². The number of carbonyl (C=O) groups is 2. The number of carboxylic acid groups (broad SMARTS) is 1. The number of rotatable bonds is 1. The van der Waals surface area contributed by atoms with Crippen LogP contribution in [0.3, 0.4) is 0 Å². The maximum atomic E-state index is 12.1. The van der Waals surface area contributed by atoms with E-state index in [1.807, 2.05) is 0 Å². The van der Waals surface area contributed by atoms with Crippen LogP contribution in [0, 0.1) is 6.92 Å². The summed E-state index contributed by atoms with van der Waals surface area (Å²) in [7, 11) is 0. The van der Waals surface area contributed by atoms with Gasteiger partial charge in [-0.2, -0.15) is 9.78 Å². The molecule has 0 saturated heterocycles. The van der Waals surface area contributed by atoms with Gasteiger partial charge in [0.1, 0.15) is 5.60 Å². The van der Waals surface area contributed by atoms with Gasteiger partial charge in [-0.05, 0) is 39.8 Å². The van der Waals surface area contributed by atoms with Crippen molar-refractivity contribution in [1.82, 2.24) is 9.78 Å². The van der Waals surface area contributed by atoms with Gasteiger partial charge in [0.2, 0.25) is 0 Å². The van der Waals surface area contributed by atoms with E-state index < -0.39 is 17.7 Å². The molecule has 0 saturated carbocycles. The van der Waals surface area contributed by atoms with Gasteiger partial charge in [0.25, 0.3) is 0 Å². The van der Waals surface area contributed by atoms with Crippen LogP contribution in [0.25, 0.3) is 10.9 Å². The molecule has 2 rings (SSSR count). The Morgan fingerprint density at radius 2 is 1.95 bits per heavy atom. The number of carbonyl (C=O) groups excluding carboxylic acids is 1. The maximum Gasteiger partial charge on any atom is 0.435 e. The van der Waals surface area contributed by atoms with E-state index >= 15 is 0 Å². The van der Waals surface area contributed by atoms with Crippen molar-refractivity contribution < 1.29 is 19.4 Å². The first-order chi connectivity index (χ1) is 9.61. The lowest BCUT2D eigenvalue weighted by atomic mass is 10.1. The molecule has 1 aromatic carbocycles. The van der Waals surface area contributed by atoms with Gasteiger partial charge in [0, 0.05) is 5.39 Å². The molecular formula is C14H15ClN2O4. The Bertz CT molecular complexity index is 743. The van der Waals surface area contributed by atoms with E-state index in [4.69, 9.17) is 21.4 Å². The second kappa shape index (κ2) is 5.04. The number of fused-ring (bicyclic) bond motifs is 1. The van der Waals surface area contributed by atoms with E-state index in [0.29, 0.717) is 16.6 Å². The molecule has 6 nitrogen and oxygen atoms in total. The number of halogens is 1. The molecule has 1 aromatic heterocycles. The summed E-state index contributed by atoms with van der Waals surface area (Å²) in [6.45, 7) is 6.90. The summed E-state index contributed by atoms with van der Waals surface area (Å²) in [4.78, 5) is 23.2. The third-order valence-corrected chi connectivity index (χ3v) is 3.15. The molecule has 0 spiro atoms. The van der Waals surface area contributed by atoms with Gasteiger partial charge >= 0.3 is 12.1 Å². The van der Waals surface area contributed by atoms with Crippen LogP contribution in [0.1, 0.15) is 36.8 Å². The highest BCUT2D eigenvalue weighted by molar-refractivity contribution is 6.38. The Kier molecular flexibility index (Phi) is 3.67. The lowest BCUT2D eigenvalue weighted by Crippen LogP contribution is -2.27. The molecule has 2 aromatic rings. The first-order valence-corrected chi connectivity index (χ1v) is 6.64. The fourth-order valence-corrected chi connectivity index (χ4v) is 2.33. The monoisotopic (exact) mass is 310 g/mol. The van der Waals surface area contributed by atoms with Gasteiger partial charge in [-0.25, -0.2) is 9.59 Å². The molecular weight excluding hydrogens is 296 g/mol. The highest BCUT2D eigenvalue weighted by Crippen LogP contribution is 2.30. The van der Waals surface area contributed by atoms with Crippen LogP contribution in [-0.4, -0.2) is 32.6 Å². The molecule has 0 aliphatic heterocycles. The fraction of sp³-hybridized carbons (Fsp3) is 0.357. The number of aromatic nitrogens is 2. The average Bonchev–Trinajstić information content (AvgIpc) is 2.65. The number of benzene rings is 1. The van der Waals surface area contributed by atoms with Crippen LogP contribution in [0.4, 0.5) is 4.79 Å². The lowest BCUT2D eigenvalue weighted by Gasteiger charge is -2.19. The molecule has 0 amide bonds. The summed E-state index contributed by atoms with van der Waals surface area (Å²) >= 11 is 6.11. The van der Waals surface area contributed by atoms with Crippen molar-refractivity contribution in [3.05, 3.63) is 28.4 Å². The molecule has 0 radical (unpaired) electrons. The summed E-state index contributed by atoms with van der Waals surface area (Å²) in [5.41, 5.74) is 0.186. The smallest absolute Gasteiger partial charge is 0.435 e. The van der Waals surface area contributed by atoms with Crippen molar-refractivity contribution in [3.63, 3.8) is 0 Å². The van der Waals surface area contributed by atoms with Crippen LogP contribution >= 0.6 is 11.6 Å². The zero-order chi connectivity index (χ0) is 15.9. The Hall–Kier alpha value is -2.08. The zero-order valence-electron chi connectivity index (χ0n) is 12.1. The lowest BCUT2D eigenvalue weighted by molar-refractivity contribution is 0.0521. The van der Waals surface area contributed by atoms with Gasteiger partial charge in [-0.3, -0.25) is 0 Å².